The van der Waals surface area contributed by atoms with Crippen molar-refractivity contribution < 1.29 is 4.74 Å². The van der Waals surface area contributed by atoms with Crippen LogP contribution in [-0.4, -0.2) is 13.7 Å². The lowest BCUT2D eigenvalue weighted by Gasteiger charge is -1.96. The molecule has 1 heteroatoms. The van der Waals surface area contributed by atoms with Gasteiger partial charge in [0.1, 0.15) is 0 Å². The molecule has 0 aliphatic heterocycles. The van der Waals surface area contributed by atoms with Crippen LogP contribution >= 0.6 is 0 Å². The predicted molar refractivity (Wildman–Crippen MR) is 49.6 cm³/mol. The van der Waals surface area contributed by atoms with Gasteiger partial charge in [-0.2, -0.15) is 0 Å². The van der Waals surface area contributed by atoms with Gasteiger partial charge in [-0.25, -0.2) is 0 Å². The fourth-order valence-corrected chi connectivity index (χ4v) is 0.912. The molecule has 0 saturated heterocycles. The normalized spacial score (nSPS) is 13.4. The Morgan fingerprint density at radius 1 is 1.45 bits per heavy atom. The molecule has 0 spiro atoms. The van der Waals surface area contributed by atoms with Gasteiger partial charge in [-0.3, -0.25) is 0 Å². The molecule has 0 N–H and O–H groups in total. The molecule has 0 radical (unpaired) electrons. The number of ether oxygens (including phenoxy) is 1. The zero-order chi connectivity index (χ0) is 8.69. The molecule has 11 heavy (non-hydrogen) atoms. The van der Waals surface area contributed by atoms with E-state index in [0.717, 1.165) is 0 Å². The first-order valence-electron chi connectivity index (χ1n) is 4.00. The van der Waals surface area contributed by atoms with Crippen LogP contribution in [-0.2, 0) is 4.74 Å². The lowest BCUT2D eigenvalue weighted by molar-refractivity contribution is 0.234. The molecule has 0 aromatic carbocycles. The maximum atomic E-state index is 4.88. The van der Waals surface area contributed by atoms with Crippen LogP contribution in [0.25, 0.3) is 0 Å². The highest BCUT2D eigenvalue weighted by atomic mass is 16.5. The average molecular weight is 154 g/mol. The molecule has 0 aromatic rings. The molecule has 0 amide bonds. The van der Waals surface area contributed by atoms with E-state index in [2.05, 4.69) is 32.9 Å². The van der Waals surface area contributed by atoms with Crippen LogP contribution in [0.3, 0.4) is 0 Å². The standard InChI is InChI=1S/C10H18O/c1-9(2)8-10(3)6-5-7-11-4/h5-6,8-9H,7H2,1-4H3/b6-5-,10-8-. The van der Waals surface area contributed by atoms with Crippen LogP contribution in [0, 0.1) is 5.92 Å². The minimum atomic E-state index is 0.627. The number of hydrogen-bond acceptors (Lipinski definition) is 1. The number of allylic oxidation sites excluding steroid dienone is 3. The van der Waals surface area contributed by atoms with Gasteiger partial charge in [-0.1, -0.05) is 37.6 Å². The molecule has 1 nitrogen and oxygen atoms in total. The summed E-state index contributed by atoms with van der Waals surface area (Å²) in [4.78, 5) is 0. The molecule has 0 unspecified atom stereocenters. The predicted octanol–water partition coefficient (Wildman–Crippen LogP) is 2.79. The van der Waals surface area contributed by atoms with Crippen LogP contribution in [0.4, 0.5) is 0 Å². The van der Waals surface area contributed by atoms with Gasteiger partial charge >= 0.3 is 0 Å². The summed E-state index contributed by atoms with van der Waals surface area (Å²) in [6.07, 6.45) is 6.34. The van der Waals surface area contributed by atoms with Gasteiger partial charge in [-0.15, -0.1) is 0 Å². The third-order valence-corrected chi connectivity index (χ3v) is 1.24. The van der Waals surface area contributed by atoms with E-state index in [1.807, 2.05) is 6.08 Å². The van der Waals surface area contributed by atoms with Gasteiger partial charge in [0.25, 0.3) is 0 Å². The SMILES string of the molecule is COC/C=C\C(C)=C/C(C)C. The largest absolute Gasteiger partial charge is 0.381 e. The van der Waals surface area contributed by atoms with Gasteiger partial charge in [0.2, 0.25) is 0 Å². The molecule has 0 fully saturated rings. The summed E-state index contributed by atoms with van der Waals surface area (Å²) in [6, 6.07) is 0. The smallest absolute Gasteiger partial charge is 0.0646 e. The average Bonchev–Trinajstić information content (AvgIpc) is 1.86. The highest BCUT2D eigenvalue weighted by Crippen LogP contribution is 2.02. The number of methoxy groups -OCH3 is 1. The van der Waals surface area contributed by atoms with E-state index in [1.54, 1.807) is 7.11 Å². The van der Waals surface area contributed by atoms with Crippen LogP contribution in [0.5, 0.6) is 0 Å². The van der Waals surface area contributed by atoms with Crippen molar-refractivity contribution in [2.45, 2.75) is 20.8 Å². The Bertz CT molecular complexity index is 143. The highest BCUT2D eigenvalue weighted by molar-refractivity contribution is 5.16. The van der Waals surface area contributed by atoms with Crippen molar-refractivity contribution in [3.63, 3.8) is 0 Å². The summed E-state index contributed by atoms with van der Waals surface area (Å²) in [6.45, 7) is 7.15. The Morgan fingerprint density at radius 2 is 2.09 bits per heavy atom. The topological polar surface area (TPSA) is 9.23 Å². The van der Waals surface area contributed by atoms with Crippen LogP contribution < -0.4 is 0 Å². The number of rotatable bonds is 4. The lowest BCUT2D eigenvalue weighted by Crippen LogP contribution is -1.83. The van der Waals surface area contributed by atoms with E-state index in [1.165, 1.54) is 5.57 Å². The maximum Gasteiger partial charge on any atom is 0.0646 e. The highest BCUT2D eigenvalue weighted by Gasteiger charge is 1.86. The molecule has 0 saturated carbocycles. The monoisotopic (exact) mass is 154 g/mol. The summed E-state index contributed by atoms with van der Waals surface area (Å²) in [5, 5.41) is 0. The van der Waals surface area contributed by atoms with E-state index >= 15 is 0 Å². The Balaban J connectivity index is 3.75. The lowest BCUT2D eigenvalue weighted by atomic mass is 10.1. The number of hydrogen-bond donors (Lipinski definition) is 0. The quantitative estimate of drug-likeness (QED) is 0.566. The van der Waals surface area contributed by atoms with Crippen LogP contribution in [0.2, 0.25) is 0 Å². The first-order valence-corrected chi connectivity index (χ1v) is 4.00. The van der Waals surface area contributed by atoms with E-state index < -0.39 is 0 Å². The van der Waals surface area contributed by atoms with E-state index in [0.29, 0.717) is 12.5 Å². The Kier molecular flexibility index (Phi) is 5.86. The van der Waals surface area contributed by atoms with Gasteiger partial charge in [0.05, 0.1) is 6.61 Å². The third-order valence-electron chi connectivity index (χ3n) is 1.24. The summed E-state index contributed by atoms with van der Waals surface area (Å²) < 4.78 is 4.88. The minimum Gasteiger partial charge on any atom is -0.381 e. The third kappa shape index (κ3) is 7.34. The molecule has 0 aliphatic carbocycles. The van der Waals surface area contributed by atoms with Crippen molar-refractivity contribution in [2.75, 3.05) is 13.7 Å². The van der Waals surface area contributed by atoms with E-state index in [9.17, 15) is 0 Å². The first kappa shape index (κ1) is 10.4. The van der Waals surface area contributed by atoms with Gasteiger partial charge in [-0.05, 0) is 12.8 Å². The van der Waals surface area contributed by atoms with Crippen LogP contribution in [0.15, 0.2) is 23.8 Å². The van der Waals surface area contributed by atoms with E-state index in [-0.39, 0.29) is 0 Å². The van der Waals surface area contributed by atoms with Crippen molar-refractivity contribution in [3.8, 4) is 0 Å². The maximum absolute atomic E-state index is 4.88. The zero-order valence-electron chi connectivity index (χ0n) is 7.92. The summed E-state index contributed by atoms with van der Waals surface area (Å²) in [5.41, 5.74) is 1.30. The second-order valence-electron chi connectivity index (χ2n) is 3.01. The molecule has 64 valence electrons. The zero-order valence-corrected chi connectivity index (χ0v) is 7.92. The second-order valence-corrected chi connectivity index (χ2v) is 3.01. The summed E-state index contributed by atoms with van der Waals surface area (Å²) in [5.74, 6) is 0.627. The van der Waals surface area contributed by atoms with Crippen molar-refractivity contribution in [1.29, 1.82) is 0 Å². The van der Waals surface area contributed by atoms with Gasteiger partial charge < -0.3 is 4.74 Å². The van der Waals surface area contributed by atoms with Crippen molar-refractivity contribution in [2.24, 2.45) is 5.92 Å². The fraction of sp³-hybridized carbons (Fsp3) is 0.600. The minimum absolute atomic E-state index is 0.627. The van der Waals surface area contributed by atoms with Crippen LogP contribution in [0.1, 0.15) is 20.8 Å². The molecule has 0 aliphatic rings. The molecule has 0 rings (SSSR count). The molecule has 0 heterocycles. The molecule has 0 aromatic heterocycles. The van der Waals surface area contributed by atoms with Gasteiger partial charge in [0, 0.05) is 7.11 Å². The molecule has 0 bridgehead atoms. The van der Waals surface area contributed by atoms with Gasteiger partial charge in [0.15, 0.2) is 0 Å². The fourth-order valence-electron chi connectivity index (χ4n) is 0.912. The summed E-state index contributed by atoms with van der Waals surface area (Å²) >= 11 is 0. The Hall–Kier alpha value is -0.560. The summed E-state index contributed by atoms with van der Waals surface area (Å²) in [7, 11) is 1.70. The van der Waals surface area contributed by atoms with Crippen molar-refractivity contribution >= 4 is 0 Å². The molecular formula is C10H18O. The van der Waals surface area contributed by atoms with Crippen molar-refractivity contribution in [3.05, 3.63) is 23.8 Å². The Morgan fingerprint density at radius 3 is 2.55 bits per heavy atom. The van der Waals surface area contributed by atoms with Crippen molar-refractivity contribution in [1.82, 2.24) is 0 Å². The molecule has 0 atom stereocenters. The van der Waals surface area contributed by atoms with E-state index in [4.69, 9.17) is 4.74 Å². The second kappa shape index (κ2) is 6.17. The Labute approximate surface area is 69.8 Å². The first-order chi connectivity index (χ1) is 5.16. The molecular weight excluding hydrogens is 136 g/mol.